The maximum Gasteiger partial charge on any atom is 0.233 e. The van der Waals surface area contributed by atoms with Gasteiger partial charge in [-0.05, 0) is 75.4 Å². The molecule has 2 aromatic carbocycles. The number of pyridine rings is 1. The maximum absolute atomic E-state index is 13.8. The number of anilines is 2. The number of ether oxygens (including phenoxy) is 1. The van der Waals surface area contributed by atoms with Crippen molar-refractivity contribution in [3.63, 3.8) is 0 Å². The van der Waals surface area contributed by atoms with Crippen molar-refractivity contribution in [2.24, 2.45) is 5.41 Å². The molecule has 2 aliphatic heterocycles. The van der Waals surface area contributed by atoms with Gasteiger partial charge in [0.2, 0.25) is 17.7 Å². The van der Waals surface area contributed by atoms with Crippen LogP contribution < -0.4 is 20.3 Å². The molecule has 4 heterocycles. The first-order valence-electron chi connectivity index (χ1n) is 15.4. The molecule has 3 fully saturated rings. The molecule has 8 nitrogen and oxygen atoms in total. The van der Waals surface area contributed by atoms with E-state index in [0.29, 0.717) is 23.8 Å². The molecule has 42 heavy (non-hydrogen) atoms. The molecule has 2 aromatic heterocycles. The molecule has 216 valence electrons. The molecule has 1 saturated carbocycles. The van der Waals surface area contributed by atoms with Gasteiger partial charge in [0.05, 0.1) is 22.4 Å². The number of hydrogen-bond acceptors (Lipinski definition) is 7. The molecule has 1 spiro atoms. The number of aromatic nitrogens is 3. The summed E-state index contributed by atoms with van der Waals surface area (Å²) in [6.45, 7) is 4.78. The van der Waals surface area contributed by atoms with Crippen LogP contribution in [0.15, 0.2) is 60.9 Å². The number of piperidine rings is 1. The fourth-order valence-corrected chi connectivity index (χ4v) is 7.04. The van der Waals surface area contributed by atoms with Gasteiger partial charge in [0.25, 0.3) is 0 Å². The molecule has 2 N–H and O–H groups in total. The van der Waals surface area contributed by atoms with Crippen LogP contribution in [-0.4, -0.2) is 46.5 Å². The number of hydrogen-bond donors (Lipinski definition) is 2. The molecule has 1 amide bonds. The van der Waals surface area contributed by atoms with E-state index < -0.39 is 0 Å². The zero-order valence-electron chi connectivity index (χ0n) is 24.2. The van der Waals surface area contributed by atoms with E-state index in [1.165, 1.54) is 6.42 Å². The molecule has 4 aromatic rings. The highest BCUT2D eigenvalue weighted by Gasteiger charge is 2.47. The first kappa shape index (κ1) is 26.8. The molecule has 2 saturated heterocycles. The number of carbonyl (C=O) groups is 1. The summed E-state index contributed by atoms with van der Waals surface area (Å²) in [7, 11) is 0. The molecule has 3 aliphatic rings. The van der Waals surface area contributed by atoms with E-state index in [1.807, 2.05) is 36.1 Å². The van der Waals surface area contributed by atoms with Crippen molar-refractivity contribution in [3.05, 3.63) is 66.5 Å². The first-order valence-corrected chi connectivity index (χ1v) is 15.4. The Balaban J connectivity index is 1.21. The van der Waals surface area contributed by atoms with Crippen LogP contribution in [0.5, 0.6) is 11.6 Å². The Morgan fingerprint density at radius 3 is 2.71 bits per heavy atom. The molecule has 8 heteroatoms. The number of rotatable bonds is 6. The van der Waals surface area contributed by atoms with E-state index in [1.54, 1.807) is 12.4 Å². The van der Waals surface area contributed by atoms with Crippen molar-refractivity contribution in [3.8, 4) is 22.9 Å². The number of fused-ring (bicyclic) bond motifs is 1. The van der Waals surface area contributed by atoms with Crippen molar-refractivity contribution in [1.82, 2.24) is 20.3 Å². The second-order valence-electron chi connectivity index (χ2n) is 12.0. The SMILES string of the molecule is Cc1ccc2c(N3CCC4(CCCCC4)C3=O)cccc2c1Oc1ncccc1-c1ccnc(N[C@H]2CCCNC2)n1. The number of amides is 1. The highest BCUT2D eigenvalue weighted by atomic mass is 16.5. The molecule has 0 radical (unpaired) electrons. The van der Waals surface area contributed by atoms with Gasteiger partial charge in [-0.3, -0.25) is 4.79 Å². The van der Waals surface area contributed by atoms with E-state index in [-0.39, 0.29) is 5.41 Å². The summed E-state index contributed by atoms with van der Waals surface area (Å²) in [5.41, 5.74) is 3.34. The molecule has 1 aliphatic carbocycles. The summed E-state index contributed by atoms with van der Waals surface area (Å²) < 4.78 is 6.65. The largest absolute Gasteiger partial charge is 0.437 e. The Kier molecular flexibility index (Phi) is 7.24. The summed E-state index contributed by atoms with van der Waals surface area (Å²) in [6, 6.07) is 16.5. The highest BCUT2D eigenvalue weighted by molar-refractivity contribution is 6.08. The van der Waals surface area contributed by atoms with Gasteiger partial charge in [-0.15, -0.1) is 0 Å². The third kappa shape index (κ3) is 4.98. The fourth-order valence-electron chi connectivity index (χ4n) is 7.04. The smallest absolute Gasteiger partial charge is 0.233 e. The minimum Gasteiger partial charge on any atom is -0.437 e. The van der Waals surface area contributed by atoms with Crippen molar-refractivity contribution in [2.45, 2.75) is 64.3 Å². The zero-order valence-corrected chi connectivity index (χ0v) is 24.2. The van der Waals surface area contributed by atoms with Gasteiger partial charge in [0, 0.05) is 42.3 Å². The lowest BCUT2D eigenvalue weighted by Gasteiger charge is -2.31. The maximum atomic E-state index is 13.8. The van der Waals surface area contributed by atoms with Crippen molar-refractivity contribution >= 4 is 28.3 Å². The van der Waals surface area contributed by atoms with Gasteiger partial charge in [-0.1, -0.05) is 43.5 Å². The van der Waals surface area contributed by atoms with Crippen molar-refractivity contribution in [1.29, 1.82) is 0 Å². The van der Waals surface area contributed by atoms with Crippen molar-refractivity contribution in [2.75, 3.05) is 29.9 Å². The third-order valence-electron chi connectivity index (χ3n) is 9.33. The number of benzene rings is 2. The summed E-state index contributed by atoms with van der Waals surface area (Å²) in [5.74, 6) is 2.13. The summed E-state index contributed by atoms with van der Waals surface area (Å²) in [6.07, 6.45) is 12.3. The van der Waals surface area contributed by atoms with Crippen LogP contribution in [0, 0.1) is 12.3 Å². The standard InChI is InChI=1S/C34H38N6O2/c1-23-12-13-25-26(9-5-11-29(25)40-21-17-34(32(40)41)15-3-2-4-16-34)30(23)42-31-27(10-7-19-36-31)28-14-20-37-33(39-28)38-24-8-6-18-35-22-24/h5,7,9-14,19-20,24,35H,2-4,6,8,15-18,21-22H2,1H3,(H,37,38,39)/t24-/m0/s1. The quantitative estimate of drug-likeness (QED) is 0.272. The van der Waals surface area contributed by atoms with Crippen LogP contribution >= 0.6 is 0 Å². The van der Waals surface area contributed by atoms with Gasteiger partial charge >= 0.3 is 0 Å². The normalized spacial score (nSPS) is 20.3. The van der Waals surface area contributed by atoms with E-state index in [9.17, 15) is 4.79 Å². The molecule has 1 atom stereocenters. The first-order chi connectivity index (χ1) is 20.6. The summed E-state index contributed by atoms with van der Waals surface area (Å²) in [5, 5.41) is 8.89. The van der Waals surface area contributed by atoms with E-state index in [4.69, 9.17) is 9.72 Å². The Bertz CT molecular complexity index is 1610. The Hall–Kier alpha value is -4.04. The van der Waals surface area contributed by atoms with Crippen molar-refractivity contribution < 1.29 is 9.53 Å². The molecular weight excluding hydrogens is 524 g/mol. The minimum atomic E-state index is -0.175. The van der Waals surface area contributed by atoms with Crippen LogP contribution in [-0.2, 0) is 4.79 Å². The van der Waals surface area contributed by atoms with Crippen LogP contribution in [0.1, 0.15) is 56.9 Å². The average Bonchev–Trinajstić information content (AvgIpc) is 3.33. The van der Waals surface area contributed by atoms with E-state index in [0.717, 1.165) is 104 Å². The number of aryl methyl sites for hydroxylation is 1. The average molecular weight is 563 g/mol. The molecule has 0 bridgehead atoms. The van der Waals surface area contributed by atoms with Crippen LogP contribution in [0.25, 0.3) is 22.0 Å². The van der Waals surface area contributed by atoms with Gasteiger partial charge in [0.1, 0.15) is 5.75 Å². The van der Waals surface area contributed by atoms with Crippen LogP contribution in [0.2, 0.25) is 0 Å². The monoisotopic (exact) mass is 562 g/mol. The molecular formula is C34H38N6O2. The summed E-state index contributed by atoms with van der Waals surface area (Å²) in [4.78, 5) is 29.7. The number of nitrogens with one attached hydrogen (secondary N) is 2. The van der Waals surface area contributed by atoms with Gasteiger partial charge in [-0.2, -0.15) is 0 Å². The van der Waals surface area contributed by atoms with Gasteiger partial charge < -0.3 is 20.3 Å². The zero-order chi connectivity index (χ0) is 28.5. The Morgan fingerprint density at radius 2 is 1.86 bits per heavy atom. The van der Waals surface area contributed by atoms with E-state index >= 15 is 0 Å². The second-order valence-corrected chi connectivity index (χ2v) is 12.0. The predicted molar refractivity (Wildman–Crippen MR) is 166 cm³/mol. The Morgan fingerprint density at radius 1 is 0.952 bits per heavy atom. The lowest BCUT2D eigenvalue weighted by Crippen LogP contribution is -2.38. The predicted octanol–water partition coefficient (Wildman–Crippen LogP) is 6.64. The van der Waals surface area contributed by atoms with Gasteiger partial charge in [-0.25, -0.2) is 15.0 Å². The van der Waals surface area contributed by atoms with Gasteiger partial charge in [0.15, 0.2) is 0 Å². The second kappa shape index (κ2) is 11.3. The Labute approximate surface area is 246 Å². The highest BCUT2D eigenvalue weighted by Crippen LogP contribution is 2.48. The third-order valence-corrected chi connectivity index (χ3v) is 9.33. The fraction of sp³-hybridized carbons (Fsp3) is 0.412. The molecule has 7 rings (SSSR count). The van der Waals surface area contributed by atoms with Crippen LogP contribution in [0.3, 0.4) is 0 Å². The van der Waals surface area contributed by atoms with E-state index in [2.05, 4.69) is 44.9 Å². The lowest BCUT2D eigenvalue weighted by atomic mass is 9.73. The topological polar surface area (TPSA) is 92.3 Å². The minimum absolute atomic E-state index is 0.175. The van der Waals surface area contributed by atoms with Crippen LogP contribution in [0.4, 0.5) is 11.6 Å². The number of nitrogens with zero attached hydrogens (tertiary/aromatic N) is 4. The number of carbonyl (C=O) groups excluding carboxylic acids is 1. The lowest BCUT2D eigenvalue weighted by molar-refractivity contribution is -0.127. The summed E-state index contributed by atoms with van der Waals surface area (Å²) >= 11 is 0. The molecule has 0 unspecified atom stereocenters.